The number of halogens is 1. The van der Waals surface area contributed by atoms with Crippen molar-refractivity contribution < 1.29 is 14.7 Å². The normalized spacial score (nSPS) is 11.5. The molecule has 4 nitrogen and oxygen atoms in total. The number of nitrogens with one attached hydrogen (secondary N) is 1. The molecule has 0 saturated carbocycles. The van der Waals surface area contributed by atoms with Crippen molar-refractivity contribution in [3.8, 4) is 0 Å². The van der Waals surface area contributed by atoms with Crippen molar-refractivity contribution in [2.75, 3.05) is 0 Å². The maximum absolute atomic E-state index is 11.9. The van der Waals surface area contributed by atoms with Crippen LogP contribution in [0.3, 0.4) is 0 Å². The van der Waals surface area contributed by atoms with E-state index in [1.807, 2.05) is 13.8 Å². The number of rotatable bonds is 5. The van der Waals surface area contributed by atoms with Crippen molar-refractivity contribution in [3.63, 3.8) is 0 Å². The molecule has 0 aliphatic heterocycles. The average molecular weight is 282 g/mol. The second kappa shape index (κ2) is 6.95. The molecule has 1 amide bonds. The molecule has 1 rings (SSSR count). The maximum atomic E-state index is 11.9. The van der Waals surface area contributed by atoms with Gasteiger partial charge in [-0.05, 0) is 32.4 Å². The topological polar surface area (TPSA) is 66.4 Å². The quantitative estimate of drug-likeness (QED) is 0.816. The standard InChI is InChI=1S/C14H16ClNO3/c1-9(2)7-8-12(14(18)19)16-13(17)10-5-3-4-6-11(10)15/h3-7,12H,8H2,1-2H3,(H,16,17)(H,18,19)/t12-/m0/s1. The van der Waals surface area contributed by atoms with Crippen LogP contribution in [0.4, 0.5) is 0 Å². The lowest BCUT2D eigenvalue weighted by molar-refractivity contribution is -0.139. The van der Waals surface area contributed by atoms with E-state index in [0.29, 0.717) is 5.02 Å². The Morgan fingerprint density at radius 1 is 1.37 bits per heavy atom. The van der Waals surface area contributed by atoms with Crippen molar-refractivity contribution in [1.29, 1.82) is 0 Å². The van der Waals surface area contributed by atoms with Gasteiger partial charge in [0.1, 0.15) is 6.04 Å². The number of amides is 1. The summed E-state index contributed by atoms with van der Waals surface area (Å²) in [5.41, 5.74) is 1.27. The number of hydrogen-bond acceptors (Lipinski definition) is 2. The summed E-state index contributed by atoms with van der Waals surface area (Å²) in [5, 5.41) is 11.8. The van der Waals surface area contributed by atoms with Gasteiger partial charge in [0.25, 0.3) is 5.91 Å². The van der Waals surface area contributed by atoms with E-state index in [1.54, 1.807) is 30.3 Å². The number of hydrogen-bond donors (Lipinski definition) is 2. The minimum absolute atomic E-state index is 0.244. The van der Waals surface area contributed by atoms with Crippen molar-refractivity contribution in [2.24, 2.45) is 0 Å². The fraction of sp³-hybridized carbons (Fsp3) is 0.286. The van der Waals surface area contributed by atoms with Crippen LogP contribution in [0.1, 0.15) is 30.6 Å². The van der Waals surface area contributed by atoms with Gasteiger partial charge in [0.2, 0.25) is 0 Å². The minimum Gasteiger partial charge on any atom is -0.480 e. The van der Waals surface area contributed by atoms with Crippen LogP contribution in [0, 0.1) is 0 Å². The highest BCUT2D eigenvalue weighted by molar-refractivity contribution is 6.33. The lowest BCUT2D eigenvalue weighted by atomic mass is 10.1. The molecule has 5 heteroatoms. The predicted octanol–water partition coefficient (Wildman–Crippen LogP) is 2.88. The largest absolute Gasteiger partial charge is 0.480 e. The molecule has 1 aromatic rings. The molecule has 1 aromatic carbocycles. The first-order valence-electron chi connectivity index (χ1n) is 5.83. The summed E-state index contributed by atoms with van der Waals surface area (Å²) in [6.45, 7) is 3.74. The number of carbonyl (C=O) groups is 2. The van der Waals surface area contributed by atoms with Gasteiger partial charge in [-0.3, -0.25) is 4.79 Å². The van der Waals surface area contributed by atoms with Gasteiger partial charge in [-0.1, -0.05) is 35.4 Å². The van der Waals surface area contributed by atoms with E-state index in [2.05, 4.69) is 5.32 Å². The van der Waals surface area contributed by atoms with Gasteiger partial charge >= 0.3 is 5.97 Å². The van der Waals surface area contributed by atoms with Gasteiger partial charge < -0.3 is 10.4 Å². The molecule has 0 spiro atoms. The predicted molar refractivity (Wildman–Crippen MR) is 74.4 cm³/mol. The molecule has 102 valence electrons. The van der Waals surface area contributed by atoms with Gasteiger partial charge in [0.15, 0.2) is 0 Å². The van der Waals surface area contributed by atoms with E-state index in [0.717, 1.165) is 5.57 Å². The van der Waals surface area contributed by atoms with Gasteiger partial charge in [-0.2, -0.15) is 0 Å². The Bertz CT molecular complexity index is 507. The number of carboxylic acids is 1. The van der Waals surface area contributed by atoms with E-state index in [4.69, 9.17) is 16.7 Å². The summed E-state index contributed by atoms with van der Waals surface area (Å²) in [6.07, 6.45) is 2.01. The zero-order valence-corrected chi connectivity index (χ0v) is 11.6. The molecule has 0 bridgehead atoms. The van der Waals surface area contributed by atoms with E-state index in [-0.39, 0.29) is 12.0 Å². The van der Waals surface area contributed by atoms with Crippen molar-refractivity contribution in [2.45, 2.75) is 26.3 Å². The highest BCUT2D eigenvalue weighted by Crippen LogP contribution is 2.15. The van der Waals surface area contributed by atoms with Crippen LogP contribution in [0.5, 0.6) is 0 Å². The van der Waals surface area contributed by atoms with Gasteiger partial charge in [0, 0.05) is 0 Å². The van der Waals surface area contributed by atoms with Crippen LogP contribution in [-0.2, 0) is 4.79 Å². The highest BCUT2D eigenvalue weighted by Gasteiger charge is 2.20. The lowest BCUT2D eigenvalue weighted by Crippen LogP contribution is -2.40. The minimum atomic E-state index is -1.07. The molecule has 2 N–H and O–H groups in total. The second-order valence-electron chi connectivity index (χ2n) is 4.36. The summed E-state index contributed by atoms with van der Waals surface area (Å²) in [4.78, 5) is 23.0. The van der Waals surface area contributed by atoms with Crippen molar-refractivity contribution >= 4 is 23.5 Å². The Kier molecular flexibility index (Phi) is 5.57. The van der Waals surface area contributed by atoms with Crippen LogP contribution in [0.15, 0.2) is 35.9 Å². The van der Waals surface area contributed by atoms with E-state index in [1.165, 1.54) is 0 Å². The van der Waals surface area contributed by atoms with E-state index < -0.39 is 17.9 Å². The molecule has 0 aliphatic rings. The van der Waals surface area contributed by atoms with Gasteiger partial charge in [0.05, 0.1) is 10.6 Å². The maximum Gasteiger partial charge on any atom is 0.326 e. The lowest BCUT2D eigenvalue weighted by Gasteiger charge is -2.13. The number of benzene rings is 1. The molecule has 0 unspecified atom stereocenters. The number of carboxylic acid groups (broad SMARTS) is 1. The first kappa shape index (κ1) is 15.2. The third-order valence-corrected chi connectivity index (χ3v) is 2.81. The third kappa shape index (κ3) is 4.75. The number of allylic oxidation sites excluding steroid dienone is 1. The monoisotopic (exact) mass is 281 g/mol. The zero-order chi connectivity index (χ0) is 14.4. The van der Waals surface area contributed by atoms with Crippen molar-refractivity contribution in [1.82, 2.24) is 5.32 Å². The molecule has 0 aliphatic carbocycles. The number of carbonyl (C=O) groups excluding carboxylic acids is 1. The molecule has 0 fully saturated rings. The van der Waals surface area contributed by atoms with Gasteiger partial charge in [-0.25, -0.2) is 4.79 Å². The Hall–Kier alpha value is -1.81. The smallest absolute Gasteiger partial charge is 0.326 e. The average Bonchev–Trinajstić information content (AvgIpc) is 2.34. The van der Waals surface area contributed by atoms with Crippen LogP contribution < -0.4 is 5.32 Å². The Balaban J connectivity index is 2.80. The molecule has 0 heterocycles. The SMILES string of the molecule is CC(C)=CC[C@H](NC(=O)c1ccccc1Cl)C(=O)O. The summed E-state index contributed by atoms with van der Waals surface area (Å²) in [7, 11) is 0. The fourth-order valence-electron chi connectivity index (χ4n) is 1.46. The van der Waals surface area contributed by atoms with E-state index >= 15 is 0 Å². The molecule has 1 atom stereocenters. The van der Waals surface area contributed by atoms with Crippen LogP contribution in [0.25, 0.3) is 0 Å². The molecule has 0 aromatic heterocycles. The first-order valence-corrected chi connectivity index (χ1v) is 6.21. The van der Waals surface area contributed by atoms with Crippen LogP contribution in [-0.4, -0.2) is 23.0 Å². The first-order chi connectivity index (χ1) is 8.91. The van der Waals surface area contributed by atoms with Crippen LogP contribution >= 0.6 is 11.6 Å². The Labute approximate surface area is 117 Å². The van der Waals surface area contributed by atoms with Gasteiger partial charge in [-0.15, -0.1) is 0 Å². The molecular formula is C14H16ClNO3. The molecule has 0 radical (unpaired) electrons. The summed E-state index contributed by atoms with van der Waals surface area (Å²) < 4.78 is 0. The molecule has 19 heavy (non-hydrogen) atoms. The second-order valence-corrected chi connectivity index (χ2v) is 4.77. The summed E-state index contributed by atoms with van der Waals surface area (Å²) in [5.74, 6) is -1.56. The number of aliphatic carboxylic acids is 1. The van der Waals surface area contributed by atoms with E-state index in [9.17, 15) is 9.59 Å². The summed E-state index contributed by atoms with van der Waals surface area (Å²) in [6, 6.07) is 5.56. The summed E-state index contributed by atoms with van der Waals surface area (Å²) >= 11 is 5.89. The van der Waals surface area contributed by atoms with Crippen LogP contribution in [0.2, 0.25) is 5.02 Å². The fourth-order valence-corrected chi connectivity index (χ4v) is 1.68. The zero-order valence-electron chi connectivity index (χ0n) is 10.8. The third-order valence-electron chi connectivity index (χ3n) is 2.48. The Morgan fingerprint density at radius 2 is 2.00 bits per heavy atom. The molecule has 0 saturated heterocycles. The Morgan fingerprint density at radius 3 is 2.53 bits per heavy atom. The molecular weight excluding hydrogens is 266 g/mol. The van der Waals surface area contributed by atoms with Crippen molar-refractivity contribution in [3.05, 3.63) is 46.5 Å². The highest BCUT2D eigenvalue weighted by atomic mass is 35.5.